The first-order chi connectivity index (χ1) is 29.5. The minimum Gasteiger partial charge on any atom is -0.488 e. The molecule has 0 fully saturated rings. The minimum atomic E-state index is -4.71. The molecule has 0 unspecified atom stereocenters. The lowest BCUT2D eigenvalue weighted by molar-refractivity contribution is -0.138. The second-order valence-corrected chi connectivity index (χ2v) is 13.8. The van der Waals surface area contributed by atoms with E-state index < -0.39 is 77.5 Å². The van der Waals surface area contributed by atoms with Crippen LogP contribution in [-0.2, 0) is 30.4 Å². The van der Waals surface area contributed by atoms with Crippen molar-refractivity contribution in [3.63, 3.8) is 0 Å². The number of Topliss-reactive ketones (excluding diaryl/α,β-unsaturated/α-hetero) is 2. The van der Waals surface area contributed by atoms with Crippen LogP contribution in [0, 0.1) is 36.0 Å². The average molecular weight is 892 g/mol. The zero-order chi connectivity index (χ0) is 46.4. The summed E-state index contributed by atoms with van der Waals surface area (Å²) in [6, 6.07) is 16.6. The minimum absolute atomic E-state index is 0.0292. The number of benzene rings is 5. The Hall–Kier alpha value is -6.98. The van der Waals surface area contributed by atoms with Gasteiger partial charge in [0.15, 0.2) is 5.78 Å². The Morgan fingerprint density at radius 2 is 1.14 bits per heavy atom. The van der Waals surface area contributed by atoms with Crippen molar-refractivity contribution in [2.45, 2.75) is 52.3 Å². The van der Waals surface area contributed by atoms with Gasteiger partial charge in [0, 0.05) is 47.4 Å². The van der Waals surface area contributed by atoms with Crippen molar-refractivity contribution in [2.75, 3.05) is 0 Å². The maximum atomic E-state index is 14.8. The Kier molecular flexibility index (Phi) is 14.5. The number of alkyl halides is 6. The highest BCUT2D eigenvalue weighted by Crippen LogP contribution is 2.40. The molecule has 0 radical (unpaired) electrons. The van der Waals surface area contributed by atoms with Gasteiger partial charge < -0.3 is 23.9 Å². The molecule has 0 saturated carbocycles. The fraction of sp³-hybridized carbons (Fsp3) is 0.178. The van der Waals surface area contributed by atoms with Crippen LogP contribution in [0.15, 0.2) is 103 Å². The Bertz CT molecular complexity index is 2670. The molecule has 0 aliphatic rings. The number of aromatic carboxylic acids is 1. The molecule has 18 heteroatoms. The summed E-state index contributed by atoms with van der Waals surface area (Å²) in [4.78, 5) is 34.7. The predicted octanol–water partition coefficient (Wildman–Crippen LogP) is 12.3. The molecule has 1 aromatic heterocycles. The third-order valence-electron chi connectivity index (χ3n) is 9.20. The number of carboxylic acids is 1. The molecule has 6 rings (SSSR count). The number of ketones is 2. The van der Waals surface area contributed by atoms with Gasteiger partial charge >= 0.3 is 18.3 Å². The van der Waals surface area contributed by atoms with E-state index in [0.717, 1.165) is 72.8 Å². The number of hydrogen-bond acceptors (Lipinski definition) is 5. The molecular formula is C45H32F11NO6. The summed E-state index contributed by atoms with van der Waals surface area (Å²) in [5.74, 6) is -6.73. The van der Waals surface area contributed by atoms with E-state index in [1.807, 2.05) is 0 Å². The highest BCUT2D eigenvalue weighted by molar-refractivity contribution is 6.00. The lowest BCUT2D eigenvalue weighted by atomic mass is 10.0. The average Bonchev–Trinajstić information content (AvgIpc) is 3.59. The maximum absolute atomic E-state index is 14.8. The van der Waals surface area contributed by atoms with Crippen molar-refractivity contribution in [3.05, 3.63) is 171 Å². The Morgan fingerprint density at radius 3 is 1.67 bits per heavy atom. The third kappa shape index (κ3) is 11.9. The highest BCUT2D eigenvalue weighted by Gasteiger charge is 2.33. The fourth-order valence-corrected chi connectivity index (χ4v) is 5.98. The van der Waals surface area contributed by atoms with E-state index in [2.05, 4.69) is 0 Å². The van der Waals surface area contributed by atoms with Gasteiger partial charge in [-0.15, -0.1) is 0 Å². The van der Waals surface area contributed by atoms with Crippen LogP contribution >= 0.6 is 0 Å². The number of nitrogens with zero attached hydrogens (tertiary/aromatic N) is 1. The molecule has 0 atom stereocenters. The second-order valence-electron chi connectivity index (χ2n) is 13.8. The van der Waals surface area contributed by atoms with E-state index >= 15 is 0 Å². The SMILES string of the molecule is CC(=O)CCC(=O)c1cc(C(F)(F)F)ccc1OCc1ccc(F)cc1F.Cc1ccc(-c2cc(C(F)(F)F)ccc2OCc2ccc(F)cc2F)n1-c1cc(C(=O)O)ccc1F. The Balaban J connectivity index is 0.000000248. The van der Waals surface area contributed by atoms with Crippen LogP contribution in [0.4, 0.5) is 48.3 Å². The summed E-state index contributed by atoms with van der Waals surface area (Å²) in [6.45, 7) is 1.99. The fourth-order valence-electron chi connectivity index (χ4n) is 5.98. The molecule has 0 bridgehead atoms. The first-order valence-electron chi connectivity index (χ1n) is 18.3. The zero-order valence-corrected chi connectivity index (χ0v) is 32.7. The highest BCUT2D eigenvalue weighted by atomic mass is 19.4. The number of carboxylic acid groups (broad SMARTS) is 1. The molecule has 0 spiro atoms. The lowest BCUT2D eigenvalue weighted by Gasteiger charge is -2.18. The van der Waals surface area contributed by atoms with Crippen LogP contribution in [0.2, 0.25) is 0 Å². The summed E-state index contributed by atoms with van der Waals surface area (Å²) in [5.41, 5.74) is -2.51. The Morgan fingerprint density at radius 1 is 0.603 bits per heavy atom. The zero-order valence-electron chi connectivity index (χ0n) is 32.7. The molecule has 0 saturated heterocycles. The predicted molar refractivity (Wildman–Crippen MR) is 205 cm³/mol. The van der Waals surface area contributed by atoms with E-state index in [1.165, 1.54) is 23.6 Å². The van der Waals surface area contributed by atoms with E-state index in [9.17, 15) is 67.8 Å². The summed E-state index contributed by atoms with van der Waals surface area (Å²) in [7, 11) is 0. The molecule has 0 amide bonds. The molecule has 7 nitrogen and oxygen atoms in total. The van der Waals surface area contributed by atoms with Crippen molar-refractivity contribution in [1.29, 1.82) is 0 Å². The van der Waals surface area contributed by atoms with E-state index in [4.69, 9.17) is 9.47 Å². The number of halogens is 11. The monoisotopic (exact) mass is 891 g/mol. The van der Waals surface area contributed by atoms with Crippen LogP contribution in [0.1, 0.15) is 68.4 Å². The van der Waals surface area contributed by atoms with Gasteiger partial charge in [-0.3, -0.25) is 4.79 Å². The number of aryl methyl sites for hydroxylation is 1. The second kappa shape index (κ2) is 19.4. The Labute approximate surface area is 350 Å². The van der Waals surface area contributed by atoms with Crippen LogP contribution in [0.25, 0.3) is 16.9 Å². The summed E-state index contributed by atoms with van der Waals surface area (Å²) in [6.07, 6.45) is -9.78. The molecule has 1 heterocycles. The van der Waals surface area contributed by atoms with Crippen LogP contribution in [-0.4, -0.2) is 27.2 Å². The van der Waals surface area contributed by atoms with Gasteiger partial charge in [0.25, 0.3) is 0 Å². The van der Waals surface area contributed by atoms with Crippen LogP contribution in [0.3, 0.4) is 0 Å². The van der Waals surface area contributed by atoms with E-state index in [1.54, 1.807) is 6.92 Å². The number of carbonyl (C=O) groups is 3. The number of ether oxygens (including phenoxy) is 2. The number of rotatable bonds is 13. The van der Waals surface area contributed by atoms with Gasteiger partial charge in [-0.1, -0.05) is 0 Å². The van der Waals surface area contributed by atoms with E-state index in [0.29, 0.717) is 23.9 Å². The largest absolute Gasteiger partial charge is 0.488 e. The standard InChI is InChI=1S/C26H17F6NO3.C19H15F5O3/c1-14-2-8-22(33(14)23-10-15(25(34)35)4-7-20(23)28)19-11-17(26(30,31)32)5-9-24(19)36-13-16-3-6-18(27)12-21(16)29;1-11(25)2-6-17(26)15-8-13(19(22,23)24)4-7-18(15)27-10-12-3-5-14(20)9-16(12)21/h2-12H,13H2,1H3,(H,34,35);3-5,7-9H,2,6,10H2,1H3. The van der Waals surface area contributed by atoms with Gasteiger partial charge in [0.1, 0.15) is 59.6 Å². The molecule has 63 heavy (non-hydrogen) atoms. The van der Waals surface area contributed by atoms with Gasteiger partial charge in [0.2, 0.25) is 0 Å². The first kappa shape index (κ1) is 47.1. The normalized spacial score (nSPS) is 11.4. The van der Waals surface area contributed by atoms with Crippen molar-refractivity contribution in [3.8, 4) is 28.4 Å². The molecule has 330 valence electrons. The summed E-state index contributed by atoms with van der Waals surface area (Å²) in [5, 5.41) is 9.31. The number of carbonyl (C=O) groups excluding carboxylic acids is 2. The third-order valence-corrected chi connectivity index (χ3v) is 9.20. The van der Waals surface area contributed by atoms with Gasteiger partial charge in [-0.05, 0) is 105 Å². The molecule has 0 aliphatic heterocycles. The van der Waals surface area contributed by atoms with E-state index in [-0.39, 0.29) is 69.3 Å². The maximum Gasteiger partial charge on any atom is 0.416 e. The molecular weight excluding hydrogens is 859 g/mol. The molecule has 5 aromatic carbocycles. The van der Waals surface area contributed by atoms with Crippen LogP contribution in [0.5, 0.6) is 11.5 Å². The van der Waals surface area contributed by atoms with Crippen molar-refractivity contribution >= 4 is 17.5 Å². The lowest BCUT2D eigenvalue weighted by Crippen LogP contribution is -2.11. The van der Waals surface area contributed by atoms with Crippen LogP contribution < -0.4 is 9.47 Å². The van der Waals surface area contributed by atoms with Crippen molar-refractivity contribution < 1.29 is 77.3 Å². The topological polar surface area (TPSA) is 94.8 Å². The summed E-state index contributed by atoms with van der Waals surface area (Å²) < 4.78 is 160. The van der Waals surface area contributed by atoms with Crippen molar-refractivity contribution in [1.82, 2.24) is 4.57 Å². The molecule has 1 N–H and O–H groups in total. The quantitative estimate of drug-likeness (QED) is 0.0917. The van der Waals surface area contributed by atoms with Crippen molar-refractivity contribution in [2.24, 2.45) is 0 Å². The van der Waals surface area contributed by atoms with Gasteiger partial charge in [-0.2, -0.15) is 26.3 Å². The van der Waals surface area contributed by atoms with Gasteiger partial charge in [0.05, 0.1) is 33.6 Å². The first-order valence-corrected chi connectivity index (χ1v) is 18.3. The van der Waals surface area contributed by atoms with Gasteiger partial charge in [-0.25, -0.2) is 26.7 Å². The smallest absolute Gasteiger partial charge is 0.416 e. The molecule has 0 aliphatic carbocycles. The number of aromatic nitrogens is 1. The number of hydrogen-bond donors (Lipinski definition) is 1. The summed E-state index contributed by atoms with van der Waals surface area (Å²) >= 11 is 0. The molecule has 6 aromatic rings.